The average Bonchev–Trinajstić information content (AvgIpc) is 3.04. The van der Waals surface area contributed by atoms with E-state index in [9.17, 15) is 18.0 Å². The smallest absolute Gasteiger partial charge is 0.365 e. The largest absolute Gasteiger partial charge is 0.452 e. The zero-order valence-corrected chi connectivity index (χ0v) is 11.3. The fraction of sp³-hybridized carbons (Fsp3) is 0.364. The predicted octanol–water partition coefficient (Wildman–Crippen LogP) is 1.81. The van der Waals surface area contributed by atoms with Gasteiger partial charge < -0.3 is 15.2 Å². The number of nitrogens with two attached hydrogens (primary N) is 1. The van der Waals surface area contributed by atoms with Gasteiger partial charge in [0, 0.05) is 18.5 Å². The molecule has 0 radical (unpaired) electrons. The van der Waals surface area contributed by atoms with Crippen molar-refractivity contribution in [3.63, 3.8) is 0 Å². The highest BCUT2D eigenvalue weighted by Gasteiger charge is 2.41. The molecule has 0 aromatic carbocycles. The molecule has 0 fully saturated rings. The molecule has 3 rings (SSSR count). The molecule has 0 spiro atoms. The van der Waals surface area contributed by atoms with Gasteiger partial charge in [0.2, 0.25) is 5.76 Å². The number of alkyl halides is 3. The average molecular weight is 318 g/mol. The van der Waals surface area contributed by atoms with E-state index in [1.807, 2.05) is 0 Å². The van der Waals surface area contributed by atoms with E-state index in [2.05, 4.69) is 14.7 Å². The summed E-state index contributed by atoms with van der Waals surface area (Å²) in [6.07, 6.45) is -2.94. The van der Waals surface area contributed by atoms with E-state index in [0.717, 1.165) is 11.3 Å². The van der Waals surface area contributed by atoms with Crippen LogP contribution in [0.5, 0.6) is 0 Å². The van der Waals surface area contributed by atoms with Gasteiger partial charge in [0.25, 0.3) is 5.91 Å². The second-order valence-corrected chi connectivity index (χ2v) is 5.49. The molecule has 0 saturated heterocycles. The molecule has 0 unspecified atom stereocenters. The number of carbonyl (C=O) groups is 1. The summed E-state index contributed by atoms with van der Waals surface area (Å²) >= 11 is 1.05. The van der Waals surface area contributed by atoms with Gasteiger partial charge in [-0.15, -0.1) is 0 Å². The highest BCUT2D eigenvalue weighted by atomic mass is 32.1. The molecule has 21 heavy (non-hydrogen) atoms. The van der Waals surface area contributed by atoms with Gasteiger partial charge in [-0.05, 0) is 0 Å². The van der Waals surface area contributed by atoms with Crippen molar-refractivity contribution in [3.8, 4) is 0 Å². The summed E-state index contributed by atoms with van der Waals surface area (Å²) in [5, 5.41) is 3.92. The van der Waals surface area contributed by atoms with Crippen molar-refractivity contribution < 1.29 is 22.5 Å². The van der Waals surface area contributed by atoms with Gasteiger partial charge in [-0.25, -0.2) is 4.98 Å². The lowest BCUT2D eigenvalue weighted by Gasteiger charge is -2.25. The fourth-order valence-corrected chi connectivity index (χ4v) is 2.92. The summed E-state index contributed by atoms with van der Waals surface area (Å²) < 4.78 is 42.9. The number of carbonyl (C=O) groups excluding carboxylic acids is 1. The first-order valence-electron chi connectivity index (χ1n) is 5.91. The van der Waals surface area contributed by atoms with Gasteiger partial charge in [-0.2, -0.15) is 13.2 Å². The van der Waals surface area contributed by atoms with Crippen molar-refractivity contribution in [1.29, 1.82) is 0 Å². The Bertz CT molecular complexity index is 694. The Morgan fingerprint density at radius 2 is 2.24 bits per heavy atom. The molecule has 6 nitrogen and oxygen atoms in total. The van der Waals surface area contributed by atoms with Gasteiger partial charge in [0.1, 0.15) is 4.88 Å². The zero-order chi connectivity index (χ0) is 15.2. The highest BCUT2D eigenvalue weighted by Crippen LogP contribution is 2.37. The minimum absolute atomic E-state index is 0.0145. The van der Waals surface area contributed by atoms with Crippen LogP contribution in [-0.2, 0) is 19.1 Å². The lowest BCUT2D eigenvalue weighted by Crippen LogP contribution is -2.31. The van der Waals surface area contributed by atoms with E-state index < -0.39 is 17.8 Å². The number of aromatic nitrogens is 2. The summed E-state index contributed by atoms with van der Waals surface area (Å²) in [7, 11) is 0. The van der Waals surface area contributed by atoms with Crippen LogP contribution in [-0.4, -0.2) is 22.6 Å². The quantitative estimate of drug-likeness (QED) is 0.913. The molecule has 3 heterocycles. The number of rotatable bonds is 2. The van der Waals surface area contributed by atoms with E-state index >= 15 is 0 Å². The molecule has 10 heteroatoms. The molecule has 0 atom stereocenters. The Labute approximate surface area is 120 Å². The van der Waals surface area contributed by atoms with E-state index in [0.29, 0.717) is 23.8 Å². The molecule has 2 aromatic rings. The molecule has 2 aromatic heterocycles. The molecule has 1 aliphatic heterocycles. The maximum Gasteiger partial charge on any atom is 0.452 e. The van der Waals surface area contributed by atoms with Gasteiger partial charge >= 0.3 is 6.18 Å². The SMILES string of the molecule is NC(=O)c1cnc(N2CCc3noc(C(F)(F)F)c3C2)s1. The fourth-order valence-electron chi connectivity index (χ4n) is 2.12. The van der Waals surface area contributed by atoms with Crippen molar-refractivity contribution in [2.24, 2.45) is 5.73 Å². The first-order chi connectivity index (χ1) is 9.86. The molecular formula is C11H9F3N4O2S. The van der Waals surface area contributed by atoms with Crippen molar-refractivity contribution in [3.05, 3.63) is 28.1 Å². The Hall–Kier alpha value is -2.10. The minimum atomic E-state index is -4.58. The number of hydrogen-bond acceptors (Lipinski definition) is 6. The third-order valence-electron chi connectivity index (χ3n) is 3.10. The van der Waals surface area contributed by atoms with Crippen molar-refractivity contribution in [2.45, 2.75) is 19.1 Å². The second-order valence-electron chi connectivity index (χ2n) is 4.48. The monoisotopic (exact) mass is 318 g/mol. The van der Waals surface area contributed by atoms with Crippen LogP contribution in [0.4, 0.5) is 18.3 Å². The molecule has 112 valence electrons. The number of primary amides is 1. The van der Waals surface area contributed by atoms with Crippen molar-refractivity contribution >= 4 is 22.4 Å². The van der Waals surface area contributed by atoms with E-state index in [1.165, 1.54) is 6.20 Å². The van der Waals surface area contributed by atoms with Crippen molar-refractivity contribution in [1.82, 2.24) is 10.1 Å². The summed E-state index contributed by atoms with van der Waals surface area (Å²) in [6.45, 7) is 0.432. The summed E-state index contributed by atoms with van der Waals surface area (Å²) in [5.41, 5.74) is 5.47. The van der Waals surface area contributed by atoms with Gasteiger partial charge in [0.15, 0.2) is 5.13 Å². The number of nitrogens with zero attached hydrogens (tertiary/aromatic N) is 3. The Morgan fingerprint density at radius 1 is 1.48 bits per heavy atom. The second kappa shape index (κ2) is 4.72. The lowest BCUT2D eigenvalue weighted by atomic mass is 10.1. The number of fused-ring (bicyclic) bond motifs is 1. The summed E-state index contributed by atoms with van der Waals surface area (Å²) in [5.74, 6) is -1.69. The van der Waals surface area contributed by atoms with Crippen LogP contribution in [0, 0.1) is 0 Å². The van der Waals surface area contributed by atoms with Gasteiger partial charge in [-0.3, -0.25) is 4.79 Å². The Balaban J connectivity index is 1.89. The van der Waals surface area contributed by atoms with Gasteiger partial charge in [0.05, 0.1) is 18.4 Å². The number of amides is 1. The topological polar surface area (TPSA) is 85.3 Å². The van der Waals surface area contributed by atoms with Crippen LogP contribution in [0.2, 0.25) is 0 Å². The van der Waals surface area contributed by atoms with Crippen LogP contribution < -0.4 is 10.6 Å². The Kier molecular flexibility index (Phi) is 3.12. The van der Waals surface area contributed by atoms with Gasteiger partial charge in [-0.1, -0.05) is 16.5 Å². The number of hydrogen-bond donors (Lipinski definition) is 1. The lowest BCUT2D eigenvalue weighted by molar-refractivity contribution is -0.156. The molecular weight excluding hydrogens is 309 g/mol. The van der Waals surface area contributed by atoms with Crippen LogP contribution in [0.25, 0.3) is 0 Å². The number of halogens is 3. The molecule has 0 bridgehead atoms. The summed E-state index contributed by atoms with van der Waals surface area (Å²) in [4.78, 5) is 17.0. The Morgan fingerprint density at radius 3 is 2.86 bits per heavy atom. The number of thiazole rings is 1. The first kappa shape index (κ1) is 13.9. The molecule has 0 aliphatic carbocycles. The van der Waals surface area contributed by atoms with E-state index in [4.69, 9.17) is 5.73 Å². The molecule has 1 amide bonds. The van der Waals surface area contributed by atoms with Crippen LogP contribution in [0.3, 0.4) is 0 Å². The van der Waals surface area contributed by atoms with E-state index in [-0.39, 0.29) is 17.0 Å². The van der Waals surface area contributed by atoms with Crippen LogP contribution in [0.15, 0.2) is 10.7 Å². The number of anilines is 1. The van der Waals surface area contributed by atoms with Crippen molar-refractivity contribution in [2.75, 3.05) is 11.4 Å². The third-order valence-corrected chi connectivity index (χ3v) is 4.17. The maximum absolute atomic E-state index is 12.8. The zero-order valence-electron chi connectivity index (χ0n) is 10.5. The highest BCUT2D eigenvalue weighted by molar-refractivity contribution is 7.17. The van der Waals surface area contributed by atoms with E-state index in [1.54, 1.807) is 4.90 Å². The molecule has 1 aliphatic rings. The predicted molar refractivity (Wildman–Crippen MR) is 66.9 cm³/mol. The van der Waals surface area contributed by atoms with Crippen LogP contribution in [0.1, 0.15) is 26.7 Å². The first-order valence-corrected chi connectivity index (χ1v) is 6.73. The summed E-state index contributed by atoms with van der Waals surface area (Å²) in [6, 6.07) is 0. The standard InChI is InChI=1S/C11H9F3N4O2S/c12-11(13,14)8-5-4-18(2-1-6(5)17-20-8)10-16-3-7(21-10)9(15)19/h3H,1-2,4H2,(H2,15,19). The normalized spacial score (nSPS) is 15.1. The maximum atomic E-state index is 12.8. The molecule has 0 saturated carbocycles. The molecule has 2 N–H and O–H groups in total. The minimum Gasteiger partial charge on any atom is -0.365 e. The third kappa shape index (κ3) is 2.46. The van der Waals surface area contributed by atoms with Crippen LogP contribution >= 0.6 is 11.3 Å².